The minimum absolute atomic E-state index is 0.170. The first-order valence-corrected chi connectivity index (χ1v) is 12.8. The number of nitrogens with zero attached hydrogens (tertiary/aromatic N) is 7. The summed E-state index contributed by atoms with van der Waals surface area (Å²) in [5.41, 5.74) is 1.29. The molecule has 170 valence electrons. The van der Waals surface area contributed by atoms with Crippen molar-refractivity contribution in [2.45, 2.75) is 31.8 Å². The Morgan fingerprint density at radius 1 is 1.22 bits per heavy atom. The third kappa shape index (κ3) is 3.96. The second-order valence-electron chi connectivity index (χ2n) is 8.94. The Bertz CT molecular complexity index is 1120. The van der Waals surface area contributed by atoms with E-state index in [1.54, 1.807) is 17.7 Å². The van der Waals surface area contributed by atoms with E-state index in [0.29, 0.717) is 31.1 Å². The Morgan fingerprint density at radius 3 is 2.62 bits per heavy atom. The fraction of sp³-hybridized carbons (Fsp3) is 0.524. The Kier molecular flexibility index (Phi) is 5.34. The van der Waals surface area contributed by atoms with Gasteiger partial charge in [-0.05, 0) is 70.7 Å². The van der Waals surface area contributed by atoms with Crippen molar-refractivity contribution in [3.63, 3.8) is 0 Å². The second-order valence-corrected chi connectivity index (χ2v) is 11.3. The standard InChI is InChI=1S/C21H27N7O3S/c1-32(31)11-4-17(14-32)27-10-7-21(20(27)30)5-8-26(9-6-21)13-18(29)16-2-3-19(22-12-16)28-15-23-24-25-28/h2-3,12,14-15,18,29H,1,4-11,13H2/t18-,32?/m0/s1. The number of aliphatic hydroxyl groups excluding tert-OH is 1. The van der Waals surface area contributed by atoms with Gasteiger partial charge in [0.05, 0.1) is 11.5 Å². The summed E-state index contributed by atoms with van der Waals surface area (Å²) in [6.45, 7) is 2.71. The van der Waals surface area contributed by atoms with E-state index in [9.17, 15) is 14.1 Å². The minimum Gasteiger partial charge on any atom is -0.387 e. The zero-order chi connectivity index (χ0) is 22.3. The van der Waals surface area contributed by atoms with Crippen LogP contribution in [0.15, 0.2) is 35.8 Å². The van der Waals surface area contributed by atoms with E-state index in [1.165, 1.54) is 11.0 Å². The summed E-state index contributed by atoms with van der Waals surface area (Å²) in [5.74, 6) is 5.06. The topological polar surface area (TPSA) is 117 Å². The molecule has 2 aromatic rings. The molecule has 5 rings (SSSR count). The number of piperidine rings is 1. The van der Waals surface area contributed by atoms with Gasteiger partial charge < -0.3 is 14.9 Å². The number of pyridine rings is 1. The molecule has 0 aromatic carbocycles. The molecule has 0 saturated carbocycles. The van der Waals surface area contributed by atoms with Gasteiger partial charge in [-0.3, -0.25) is 9.00 Å². The average Bonchev–Trinajstić information content (AvgIpc) is 3.51. The van der Waals surface area contributed by atoms with Crippen LogP contribution in [0.2, 0.25) is 0 Å². The van der Waals surface area contributed by atoms with E-state index in [4.69, 9.17) is 0 Å². The molecular weight excluding hydrogens is 430 g/mol. The predicted octanol–water partition coefficient (Wildman–Crippen LogP) is 0.367. The number of amides is 1. The molecule has 1 amide bonds. The smallest absolute Gasteiger partial charge is 0.233 e. The highest BCUT2D eigenvalue weighted by atomic mass is 32.2. The molecular formula is C21H27N7O3S. The molecule has 2 saturated heterocycles. The maximum Gasteiger partial charge on any atom is 0.233 e. The zero-order valence-corrected chi connectivity index (χ0v) is 18.7. The van der Waals surface area contributed by atoms with Crippen LogP contribution < -0.4 is 0 Å². The van der Waals surface area contributed by atoms with Crippen LogP contribution in [-0.4, -0.2) is 88.0 Å². The largest absolute Gasteiger partial charge is 0.387 e. The quantitative estimate of drug-likeness (QED) is 0.640. The van der Waals surface area contributed by atoms with Crippen molar-refractivity contribution in [1.82, 2.24) is 35.0 Å². The fourth-order valence-electron chi connectivity index (χ4n) is 4.91. The number of hydrogen-bond acceptors (Lipinski definition) is 8. The summed E-state index contributed by atoms with van der Waals surface area (Å²) in [4.78, 5) is 21.6. The number of rotatable bonds is 5. The van der Waals surface area contributed by atoms with Gasteiger partial charge in [-0.25, -0.2) is 4.98 Å². The summed E-state index contributed by atoms with van der Waals surface area (Å²) in [5, 5.41) is 23.4. The molecule has 1 unspecified atom stereocenters. The van der Waals surface area contributed by atoms with Gasteiger partial charge in [-0.1, -0.05) is 6.07 Å². The Morgan fingerprint density at radius 2 is 2.00 bits per heavy atom. The summed E-state index contributed by atoms with van der Waals surface area (Å²) < 4.78 is 13.7. The van der Waals surface area contributed by atoms with E-state index in [2.05, 4.69) is 31.3 Å². The first-order valence-electron chi connectivity index (χ1n) is 10.8. The van der Waals surface area contributed by atoms with Crippen molar-refractivity contribution in [3.05, 3.63) is 41.3 Å². The summed E-state index contributed by atoms with van der Waals surface area (Å²) >= 11 is 0. The highest BCUT2D eigenvalue weighted by Crippen LogP contribution is 2.44. The molecule has 10 nitrogen and oxygen atoms in total. The summed E-state index contributed by atoms with van der Waals surface area (Å²) in [7, 11) is -2.17. The van der Waals surface area contributed by atoms with E-state index in [-0.39, 0.29) is 11.3 Å². The van der Waals surface area contributed by atoms with Crippen molar-refractivity contribution in [2.24, 2.45) is 5.41 Å². The Labute approximate surface area is 186 Å². The molecule has 2 fully saturated rings. The van der Waals surface area contributed by atoms with Gasteiger partial charge in [0.1, 0.15) is 6.33 Å². The first kappa shape index (κ1) is 21.2. The van der Waals surface area contributed by atoms with Gasteiger partial charge in [0.15, 0.2) is 5.82 Å². The number of tetrazole rings is 1. The number of aliphatic hydroxyl groups is 1. The van der Waals surface area contributed by atoms with E-state index < -0.39 is 15.6 Å². The molecule has 1 spiro atoms. The molecule has 32 heavy (non-hydrogen) atoms. The van der Waals surface area contributed by atoms with Crippen LogP contribution in [0.25, 0.3) is 5.82 Å². The lowest BCUT2D eigenvalue weighted by atomic mass is 9.77. The number of carbonyl (C=O) groups is 1. The van der Waals surface area contributed by atoms with E-state index in [0.717, 1.165) is 43.6 Å². The number of carbonyl (C=O) groups excluding carboxylic acids is 1. The van der Waals surface area contributed by atoms with E-state index in [1.807, 2.05) is 11.0 Å². The predicted molar refractivity (Wildman–Crippen MR) is 119 cm³/mol. The summed E-state index contributed by atoms with van der Waals surface area (Å²) in [6, 6.07) is 3.60. The number of likely N-dealkylation sites (tertiary alicyclic amines) is 2. The number of aromatic nitrogens is 5. The molecule has 2 aromatic heterocycles. The molecule has 0 bridgehead atoms. The molecule has 3 aliphatic rings. The van der Waals surface area contributed by atoms with Crippen molar-refractivity contribution >= 4 is 21.3 Å². The number of β-amino-alcohol motifs (C(OH)–C–C–N with tert-alkyl or cyclic N) is 1. The van der Waals surface area contributed by atoms with Crippen LogP contribution in [0.4, 0.5) is 0 Å². The Hall–Kier alpha value is -2.63. The van der Waals surface area contributed by atoms with Crippen molar-refractivity contribution < 1.29 is 14.1 Å². The maximum absolute atomic E-state index is 13.2. The Balaban J connectivity index is 1.18. The maximum atomic E-state index is 13.2. The second kappa shape index (κ2) is 8.05. The molecule has 0 radical (unpaired) electrons. The van der Waals surface area contributed by atoms with Gasteiger partial charge in [0, 0.05) is 41.7 Å². The normalized spacial score (nSPS) is 26.6. The SMILES string of the molecule is C=S1(=O)C=C(N2CCC3(CCN(C[C@H](O)c4ccc(-n5cnnn5)nc4)CC3)C2=O)CC1. The van der Waals surface area contributed by atoms with Gasteiger partial charge in [-0.15, -0.1) is 5.10 Å². The molecule has 11 heteroatoms. The van der Waals surface area contributed by atoms with Gasteiger partial charge >= 0.3 is 0 Å². The monoisotopic (exact) mass is 457 g/mol. The third-order valence-electron chi connectivity index (χ3n) is 6.90. The van der Waals surface area contributed by atoms with Crippen LogP contribution >= 0.6 is 0 Å². The molecule has 3 aliphatic heterocycles. The molecule has 5 heterocycles. The highest BCUT2D eigenvalue weighted by Gasteiger charge is 2.49. The van der Waals surface area contributed by atoms with Gasteiger partial charge in [0.25, 0.3) is 0 Å². The number of hydrogen-bond donors (Lipinski definition) is 1. The van der Waals surface area contributed by atoms with Crippen LogP contribution in [0.5, 0.6) is 0 Å². The van der Waals surface area contributed by atoms with E-state index >= 15 is 0 Å². The third-order valence-corrected chi connectivity index (χ3v) is 8.49. The van der Waals surface area contributed by atoms with Crippen molar-refractivity contribution in [1.29, 1.82) is 0 Å². The zero-order valence-electron chi connectivity index (χ0n) is 17.8. The van der Waals surface area contributed by atoms with Gasteiger partial charge in [-0.2, -0.15) is 4.68 Å². The molecule has 0 aliphatic carbocycles. The molecule has 1 N–H and O–H groups in total. The van der Waals surface area contributed by atoms with Gasteiger partial charge in [0.2, 0.25) is 5.91 Å². The van der Waals surface area contributed by atoms with Crippen LogP contribution in [-0.2, 0) is 14.3 Å². The minimum atomic E-state index is -2.17. The van der Waals surface area contributed by atoms with Crippen LogP contribution in [0.3, 0.4) is 0 Å². The lowest BCUT2D eigenvalue weighted by Gasteiger charge is -2.38. The summed E-state index contributed by atoms with van der Waals surface area (Å²) in [6.07, 6.45) is 5.50. The average molecular weight is 458 g/mol. The highest BCUT2D eigenvalue weighted by molar-refractivity contribution is 8.03. The van der Waals surface area contributed by atoms with Crippen molar-refractivity contribution in [3.8, 4) is 5.82 Å². The first-order chi connectivity index (χ1) is 15.4. The van der Waals surface area contributed by atoms with Crippen LogP contribution in [0.1, 0.15) is 37.4 Å². The van der Waals surface area contributed by atoms with Crippen molar-refractivity contribution in [2.75, 3.05) is 31.9 Å². The fourth-order valence-corrected chi connectivity index (χ4v) is 6.32. The lowest BCUT2D eigenvalue weighted by Crippen LogP contribution is -2.45. The lowest BCUT2D eigenvalue weighted by molar-refractivity contribution is -0.137. The number of allylic oxidation sites excluding steroid dienone is 1. The van der Waals surface area contributed by atoms with Crippen LogP contribution in [0, 0.1) is 5.41 Å². The molecule has 2 atom stereocenters.